The molecule has 0 fully saturated rings. The fourth-order valence-corrected chi connectivity index (χ4v) is 1.09. The fraction of sp³-hybridized carbons (Fsp3) is 0.273. The highest BCUT2D eigenvalue weighted by atomic mass is 16.1. The van der Waals surface area contributed by atoms with Crippen molar-refractivity contribution in [3.8, 4) is 6.07 Å². The third-order valence-electron chi connectivity index (χ3n) is 1.75. The number of nitrogens with zero attached hydrogens (tertiary/aromatic N) is 3. The first-order valence-corrected chi connectivity index (χ1v) is 4.74. The summed E-state index contributed by atoms with van der Waals surface area (Å²) in [5.74, 6) is -0.357. The van der Waals surface area contributed by atoms with Gasteiger partial charge in [0.15, 0.2) is 0 Å². The van der Waals surface area contributed by atoms with Gasteiger partial charge in [-0.2, -0.15) is 5.26 Å². The largest absolute Gasteiger partial charge is 0.333 e. The number of rotatable bonds is 3. The molecule has 1 atom stereocenters. The van der Waals surface area contributed by atoms with Gasteiger partial charge in [0.05, 0.1) is 11.6 Å². The minimum Gasteiger partial charge on any atom is -0.333 e. The van der Waals surface area contributed by atoms with Crippen LogP contribution in [0.3, 0.4) is 0 Å². The van der Waals surface area contributed by atoms with Gasteiger partial charge in [-0.15, -0.1) is 0 Å². The first-order valence-electron chi connectivity index (χ1n) is 4.74. The van der Waals surface area contributed by atoms with Crippen LogP contribution >= 0.6 is 0 Å². The molecule has 0 saturated carbocycles. The molecule has 0 radical (unpaired) electrons. The van der Waals surface area contributed by atoms with Crippen molar-refractivity contribution in [1.82, 2.24) is 15.3 Å². The summed E-state index contributed by atoms with van der Waals surface area (Å²) in [6.45, 7) is 3.73. The second-order valence-electron chi connectivity index (χ2n) is 3.45. The SMILES string of the molecule is CC(C)=C[C@@H](C#N)NC(=O)c1cncnc1. The molecule has 0 bridgehead atoms. The Balaban J connectivity index is 2.72. The lowest BCUT2D eigenvalue weighted by Crippen LogP contribution is -2.32. The van der Waals surface area contributed by atoms with Gasteiger partial charge in [0.2, 0.25) is 0 Å². The Bertz CT molecular complexity index is 429. The maximum absolute atomic E-state index is 11.6. The average Bonchev–Trinajstić information content (AvgIpc) is 2.28. The number of carbonyl (C=O) groups is 1. The maximum atomic E-state index is 11.6. The Hall–Kier alpha value is -2.22. The van der Waals surface area contributed by atoms with E-state index in [9.17, 15) is 4.79 Å². The number of hydrogen-bond acceptors (Lipinski definition) is 4. The van der Waals surface area contributed by atoms with Crippen LogP contribution in [0.4, 0.5) is 0 Å². The first-order chi connectivity index (χ1) is 7.63. The molecule has 1 aromatic heterocycles. The standard InChI is InChI=1S/C11H12N4O/c1-8(2)3-10(4-12)15-11(16)9-5-13-7-14-6-9/h3,5-7,10H,1-2H3,(H,15,16)/t10-/m0/s1. The highest BCUT2D eigenvalue weighted by Gasteiger charge is 2.10. The van der Waals surface area contributed by atoms with E-state index in [1.165, 1.54) is 18.7 Å². The molecule has 0 unspecified atom stereocenters. The van der Waals surface area contributed by atoms with Crippen molar-refractivity contribution in [2.45, 2.75) is 19.9 Å². The van der Waals surface area contributed by atoms with Gasteiger partial charge in [0.25, 0.3) is 5.91 Å². The molecular formula is C11H12N4O. The van der Waals surface area contributed by atoms with E-state index in [4.69, 9.17) is 5.26 Å². The molecule has 0 saturated heterocycles. The van der Waals surface area contributed by atoms with Crippen LogP contribution in [0.5, 0.6) is 0 Å². The Morgan fingerprint density at radius 1 is 1.50 bits per heavy atom. The Morgan fingerprint density at radius 3 is 2.62 bits per heavy atom. The van der Waals surface area contributed by atoms with E-state index in [-0.39, 0.29) is 5.91 Å². The lowest BCUT2D eigenvalue weighted by molar-refractivity contribution is 0.0950. The molecular weight excluding hydrogens is 204 g/mol. The smallest absolute Gasteiger partial charge is 0.255 e. The molecule has 1 N–H and O–H groups in total. The minimum atomic E-state index is -0.627. The lowest BCUT2D eigenvalue weighted by Gasteiger charge is -2.07. The summed E-state index contributed by atoms with van der Waals surface area (Å²) in [6.07, 6.45) is 5.83. The molecule has 0 aliphatic heterocycles. The summed E-state index contributed by atoms with van der Waals surface area (Å²) >= 11 is 0. The lowest BCUT2D eigenvalue weighted by atomic mass is 10.2. The number of aromatic nitrogens is 2. The fourth-order valence-electron chi connectivity index (χ4n) is 1.09. The van der Waals surface area contributed by atoms with Gasteiger partial charge in [-0.05, 0) is 19.9 Å². The number of amides is 1. The zero-order valence-electron chi connectivity index (χ0n) is 9.14. The van der Waals surface area contributed by atoms with E-state index in [0.717, 1.165) is 5.57 Å². The Morgan fingerprint density at radius 2 is 2.12 bits per heavy atom. The minimum absolute atomic E-state index is 0.338. The van der Waals surface area contributed by atoms with Crippen LogP contribution in [0.2, 0.25) is 0 Å². The monoisotopic (exact) mass is 216 g/mol. The predicted octanol–water partition coefficient (Wildman–Crippen LogP) is 1.06. The number of allylic oxidation sites excluding steroid dienone is 1. The van der Waals surface area contributed by atoms with Crippen LogP contribution in [-0.2, 0) is 0 Å². The molecule has 5 heteroatoms. The maximum Gasteiger partial charge on any atom is 0.255 e. The zero-order valence-corrected chi connectivity index (χ0v) is 9.14. The first kappa shape index (κ1) is 11.9. The summed E-state index contributed by atoms with van der Waals surface area (Å²) in [7, 11) is 0. The molecule has 16 heavy (non-hydrogen) atoms. The van der Waals surface area contributed by atoms with Crippen LogP contribution in [0.1, 0.15) is 24.2 Å². The van der Waals surface area contributed by atoms with Gasteiger partial charge in [-0.3, -0.25) is 4.79 Å². The summed E-state index contributed by atoms with van der Waals surface area (Å²) in [5.41, 5.74) is 1.31. The van der Waals surface area contributed by atoms with Gasteiger partial charge in [-0.1, -0.05) is 5.57 Å². The van der Waals surface area contributed by atoms with E-state index >= 15 is 0 Å². The normalized spacial score (nSPS) is 11.1. The third kappa shape index (κ3) is 3.50. The van der Waals surface area contributed by atoms with E-state index in [2.05, 4.69) is 15.3 Å². The van der Waals surface area contributed by atoms with Crippen LogP contribution in [-0.4, -0.2) is 21.9 Å². The van der Waals surface area contributed by atoms with Gasteiger partial charge in [0.1, 0.15) is 12.4 Å². The van der Waals surface area contributed by atoms with Crippen molar-refractivity contribution in [1.29, 1.82) is 5.26 Å². The quantitative estimate of drug-likeness (QED) is 0.766. The molecule has 1 amide bonds. The highest BCUT2D eigenvalue weighted by molar-refractivity contribution is 5.94. The van der Waals surface area contributed by atoms with Crippen molar-refractivity contribution >= 4 is 5.91 Å². The zero-order chi connectivity index (χ0) is 12.0. The number of nitriles is 1. The summed E-state index contributed by atoms with van der Waals surface area (Å²) < 4.78 is 0. The number of nitrogens with one attached hydrogen (secondary N) is 1. The molecule has 5 nitrogen and oxygen atoms in total. The molecule has 0 spiro atoms. The summed E-state index contributed by atoms with van der Waals surface area (Å²) in [4.78, 5) is 19.1. The average molecular weight is 216 g/mol. The van der Waals surface area contributed by atoms with Crippen molar-refractivity contribution in [3.05, 3.63) is 35.9 Å². The van der Waals surface area contributed by atoms with Crippen molar-refractivity contribution in [2.75, 3.05) is 0 Å². The van der Waals surface area contributed by atoms with E-state index in [0.29, 0.717) is 5.56 Å². The molecule has 1 heterocycles. The van der Waals surface area contributed by atoms with Gasteiger partial charge in [0, 0.05) is 12.4 Å². The Labute approximate surface area is 93.8 Å². The number of hydrogen-bond donors (Lipinski definition) is 1. The molecule has 0 aliphatic rings. The van der Waals surface area contributed by atoms with Crippen LogP contribution in [0, 0.1) is 11.3 Å². The van der Waals surface area contributed by atoms with Gasteiger partial charge in [-0.25, -0.2) is 9.97 Å². The van der Waals surface area contributed by atoms with E-state index in [1.807, 2.05) is 19.9 Å². The van der Waals surface area contributed by atoms with Crippen molar-refractivity contribution < 1.29 is 4.79 Å². The predicted molar refractivity (Wildman–Crippen MR) is 58.3 cm³/mol. The van der Waals surface area contributed by atoms with Crippen LogP contribution in [0.15, 0.2) is 30.4 Å². The van der Waals surface area contributed by atoms with Gasteiger partial charge < -0.3 is 5.32 Å². The topological polar surface area (TPSA) is 78.7 Å². The molecule has 0 aliphatic carbocycles. The molecule has 1 aromatic rings. The van der Waals surface area contributed by atoms with Crippen molar-refractivity contribution in [2.24, 2.45) is 0 Å². The molecule has 1 rings (SSSR count). The Kier molecular flexibility index (Phi) is 4.16. The van der Waals surface area contributed by atoms with Gasteiger partial charge >= 0.3 is 0 Å². The highest BCUT2D eigenvalue weighted by Crippen LogP contribution is 1.97. The van der Waals surface area contributed by atoms with Crippen LogP contribution < -0.4 is 5.32 Å². The van der Waals surface area contributed by atoms with E-state index < -0.39 is 6.04 Å². The van der Waals surface area contributed by atoms with Crippen LogP contribution in [0.25, 0.3) is 0 Å². The third-order valence-corrected chi connectivity index (χ3v) is 1.75. The second kappa shape index (κ2) is 5.61. The molecule has 82 valence electrons. The summed E-state index contributed by atoms with van der Waals surface area (Å²) in [6, 6.07) is 1.36. The van der Waals surface area contributed by atoms with Crippen molar-refractivity contribution in [3.63, 3.8) is 0 Å². The summed E-state index contributed by atoms with van der Waals surface area (Å²) in [5, 5.41) is 11.4. The number of carbonyl (C=O) groups excluding carboxylic acids is 1. The van der Waals surface area contributed by atoms with E-state index in [1.54, 1.807) is 6.08 Å². The second-order valence-corrected chi connectivity index (χ2v) is 3.45. The molecule has 0 aromatic carbocycles.